The molecule has 1 aliphatic rings. The second-order valence-corrected chi connectivity index (χ2v) is 6.57. The number of amides is 2. The fourth-order valence-corrected chi connectivity index (χ4v) is 3.58. The van der Waals surface area contributed by atoms with E-state index < -0.39 is 11.9 Å². The molecule has 0 aliphatic heterocycles. The summed E-state index contributed by atoms with van der Waals surface area (Å²) in [5.74, 6) is -1.28. The van der Waals surface area contributed by atoms with Crippen LogP contribution in [0.4, 0.5) is 4.79 Å². The van der Waals surface area contributed by atoms with E-state index in [0.717, 1.165) is 24.1 Å². The number of carbonyl (C=O) groups excluding carboxylic acids is 1. The molecule has 1 fully saturated rings. The summed E-state index contributed by atoms with van der Waals surface area (Å²) < 4.78 is 0. The molecule has 2 amide bonds. The normalized spacial score (nSPS) is 23.3. The SMILES string of the molecule is CC(c1cccs1)N(C)C(=O)NC1CCCCC1C(=O)O. The van der Waals surface area contributed by atoms with Gasteiger partial charge in [-0.05, 0) is 31.2 Å². The largest absolute Gasteiger partial charge is 0.481 e. The first-order valence-electron chi connectivity index (χ1n) is 7.30. The second-order valence-electron chi connectivity index (χ2n) is 5.59. The number of hydrogen-bond donors (Lipinski definition) is 2. The third-order valence-electron chi connectivity index (χ3n) is 4.25. The van der Waals surface area contributed by atoms with Gasteiger partial charge in [0.05, 0.1) is 12.0 Å². The molecule has 1 aliphatic carbocycles. The van der Waals surface area contributed by atoms with E-state index in [9.17, 15) is 14.7 Å². The van der Waals surface area contributed by atoms with Gasteiger partial charge in [-0.25, -0.2) is 4.79 Å². The highest BCUT2D eigenvalue weighted by atomic mass is 32.1. The fourth-order valence-electron chi connectivity index (χ4n) is 2.76. The minimum atomic E-state index is -0.811. The van der Waals surface area contributed by atoms with E-state index in [1.807, 2.05) is 24.4 Å². The Balaban J connectivity index is 1.97. The number of urea groups is 1. The molecule has 116 valence electrons. The van der Waals surface area contributed by atoms with E-state index in [1.54, 1.807) is 23.3 Å². The van der Waals surface area contributed by atoms with Gasteiger partial charge in [0, 0.05) is 18.0 Å². The van der Waals surface area contributed by atoms with E-state index in [4.69, 9.17) is 0 Å². The second kappa shape index (κ2) is 6.93. The monoisotopic (exact) mass is 310 g/mol. The number of rotatable bonds is 4. The summed E-state index contributed by atoms with van der Waals surface area (Å²) in [6, 6.07) is 3.48. The number of carboxylic acid groups (broad SMARTS) is 1. The Morgan fingerprint density at radius 1 is 1.43 bits per heavy atom. The maximum Gasteiger partial charge on any atom is 0.317 e. The third-order valence-corrected chi connectivity index (χ3v) is 5.29. The van der Waals surface area contributed by atoms with Crippen LogP contribution in [0.5, 0.6) is 0 Å². The van der Waals surface area contributed by atoms with Crippen molar-refractivity contribution in [2.24, 2.45) is 5.92 Å². The molecular weight excluding hydrogens is 288 g/mol. The first-order valence-corrected chi connectivity index (χ1v) is 8.18. The molecule has 1 aromatic rings. The highest BCUT2D eigenvalue weighted by molar-refractivity contribution is 7.10. The number of nitrogens with one attached hydrogen (secondary N) is 1. The number of nitrogens with zero attached hydrogens (tertiary/aromatic N) is 1. The Kier molecular flexibility index (Phi) is 5.22. The summed E-state index contributed by atoms with van der Waals surface area (Å²) in [6.07, 6.45) is 3.28. The first-order chi connectivity index (χ1) is 10.0. The van der Waals surface area contributed by atoms with Gasteiger partial charge in [-0.3, -0.25) is 4.79 Å². The first kappa shape index (κ1) is 15.8. The van der Waals surface area contributed by atoms with Crippen LogP contribution < -0.4 is 5.32 Å². The lowest BCUT2D eigenvalue weighted by Crippen LogP contribution is -2.49. The van der Waals surface area contributed by atoms with Gasteiger partial charge in [-0.1, -0.05) is 18.9 Å². The molecule has 0 spiro atoms. The average molecular weight is 310 g/mol. The van der Waals surface area contributed by atoms with Crippen LogP contribution >= 0.6 is 11.3 Å². The van der Waals surface area contributed by atoms with Crippen LogP contribution in [0.1, 0.15) is 43.5 Å². The molecule has 1 heterocycles. The number of hydrogen-bond acceptors (Lipinski definition) is 3. The van der Waals surface area contributed by atoms with E-state index in [0.29, 0.717) is 6.42 Å². The number of carbonyl (C=O) groups is 2. The highest BCUT2D eigenvalue weighted by Crippen LogP contribution is 2.26. The van der Waals surface area contributed by atoms with Crippen LogP contribution in [-0.4, -0.2) is 35.1 Å². The molecule has 6 heteroatoms. The lowest BCUT2D eigenvalue weighted by atomic mass is 9.84. The standard InChI is InChI=1S/C15H22N2O3S/c1-10(13-8-5-9-21-13)17(2)15(20)16-12-7-4-3-6-11(12)14(18)19/h5,8-12H,3-4,6-7H2,1-2H3,(H,16,20)(H,18,19). The van der Waals surface area contributed by atoms with Gasteiger partial charge in [-0.2, -0.15) is 0 Å². The molecule has 3 unspecified atom stereocenters. The van der Waals surface area contributed by atoms with Crippen molar-refractivity contribution < 1.29 is 14.7 Å². The van der Waals surface area contributed by atoms with Gasteiger partial charge < -0.3 is 15.3 Å². The highest BCUT2D eigenvalue weighted by Gasteiger charge is 2.33. The van der Waals surface area contributed by atoms with Crippen molar-refractivity contribution in [2.75, 3.05) is 7.05 Å². The molecule has 5 nitrogen and oxygen atoms in total. The van der Waals surface area contributed by atoms with Crippen LogP contribution in [0.15, 0.2) is 17.5 Å². The molecule has 21 heavy (non-hydrogen) atoms. The van der Waals surface area contributed by atoms with E-state index >= 15 is 0 Å². The molecule has 1 saturated carbocycles. The zero-order valence-corrected chi connectivity index (χ0v) is 13.2. The Morgan fingerprint density at radius 3 is 2.76 bits per heavy atom. The number of carboxylic acids is 1. The van der Waals surface area contributed by atoms with Crippen molar-refractivity contribution in [2.45, 2.75) is 44.7 Å². The summed E-state index contributed by atoms with van der Waals surface area (Å²) in [5, 5.41) is 14.1. The zero-order valence-electron chi connectivity index (χ0n) is 12.4. The van der Waals surface area contributed by atoms with Crippen LogP contribution in [0.2, 0.25) is 0 Å². The molecule has 0 bridgehead atoms. The molecule has 0 aromatic carbocycles. The van der Waals surface area contributed by atoms with Crippen LogP contribution in [0, 0.1) is 5.92 Å². The van der Waals surface area contributed by atoms with Crippen molar-refractivity contribution in [3.05, 3.63) is 22.4 Å². The van der Waals surface area contributed by atoms with E-state index in [-0.39, 0.29) is 18.1 Å². The Bertz CT molecular complexity index is 489. The maximum absolute atomic E-state index is 12.3. The minimum Gasteiger partial charge on any atom is -0.481 e. The summed E-state index contributed by atoms with van der Waals surface area (Å²) in [4.78, 5) is 26.4. The van der Waals surface area contributed by atoms with Crippen molar-refractivity contribution in [1.29, 1.82) is 0 Å². The maximum atomic E-state index is 12.3. The van der Waals surface area contributed by atoms with Gasteiger partial charge in [-0.15, -0.1) is 11.3 Å². The molecule has 0 radical (unpaired) electrons. The lowest BCUT2D eigenvalue weighted by molar-refractivity contribution is -0.143. The quantitative estimate of drug-likeness (QED) is 0.898. The molecular formula is C15H22N2O3S. The molecule has 2 N–H and O–H groups in total. The Labute approximate surface area is 129 Å². The molecule has 0 saturated heterocycles. The molecule has 2 rings (SSSR count). The minimum absolute atomic E-state index is 0.0168. The Hall–Kier alpha value is -1.56. The summed E-state index contributed by atoms with van der Waals surface area (Å²) in [5.41, 5.74) is 0. The van der Waals surface area contributed by atoms with Gasteiger partial charge in [0.1, 0.15) is 0 Å². The van der Waals surface area contributed by atoms with Gasteiger partial charge in [0.15, 0.2) is 0 Å². The van der Waals surface area contributed by atoms with Crippen molar-refractivity contribution in [3.8, 4) is 0 Å². The predicted octanol–water partition coefficient (Wildman–Crippen LogP) is 3.09. The zero-order chi connectivity index (χ0) is 15.4. The topological polar surface area (TPSA) is 69.6 Å². The summed E-state index contributed by atoms with van der Waals surface area (Å²) in [7, 11) is 1.75. The van der Waals surface area contributed by atoms with Crippen molar-refractivity contribution in [3.63, 3.8) is 0 Å². The van der Waals surface area contributed by atoms with Gasteiger partial charge in [0.2, 0.25) is 0 Å². The van der Waals surface area contributed by atoms with Crippen LogP contribution in [-0.2, 0) is 4.79 Å². The van der Waals surface area contributed by atoms with Crippen LogP contribution in [0.25, 0.3) is 0 Å². The van der Waals surface area contributed by atoms with E-state index in [1.165, 1.54) is 0 Å². The molecule has 3 atom stereocenters. The van der Waals surface area contributed by atoms with Crippen LogP contribution in [0.3, 0.4) is 0 Å². The van der Waals surface area contributed by atoms with Gasteiger partial charge >= 0.3 is 12.0 Å². The number of thiophene rings is 1. The summed E-state index contributed by atoms with van der Waals surface area (Å²) >= 11 is 1.61. The summed E-state index contributed by atoms with van der Waals surface area (Å²) in [6.45, 7) is 1.97. The predicted molar refractivity (Wildman–Crippen MR) is 82.4 cm³/mol. The number of aliphatic carboxylic acids is 1. The Morgan fingerprint density at radius 2 is 2.14 bits per heavy atom. The molecule has 1 aromatic heterocycles. The average Bonchev–Trinajstić information content (AvgIpc) is 3.00. The van der Waals surface area contributed by atoms with Gasteiger partial charge in [0.25, 0.3) is 0 Å². The third kappa shape index (κ3) is 3.75. The lowest BCUT2D eigenvalue weighted by Gasteiger charge is -2.32. The smallest absolute Gasteiger partial charge is 0.317 e. The van der Waals surface area contributed by atoms with Crippen molar-refractivity contribution >= 4 is 23.3 Å². The fraction of sp³-hybridized carbons (Fsp3) is 0.600. The van der Waals surface area contributed by atoms with E-state index in [2.05, 4.69) is 5.32 Å². The van der Waals surface area contributed by atoms with Crippen molar-refractivity contribution in [1.82, 2.24) is 10.2 Å².